The number of hydrogen-bond acceptors (Lipinski definition) is 9. The molecule has 1 saturated carbocycles. The van der Waals surface area contributed by atoms with Crippen molar-refractivity contribution >= 4 is 34.6 Å². The van der Waals surface area contributed by atoms with Crippen molar-refractivity contribution < 1.29 is 34.8 Å². The molecule has 0 aliphatic heterocycles. The van der Waals surface area contributed by atoms with Crippen LogP contribution in [-0.4, -0.2) is 64.6 Å². The number of anilines is 2. The number of aliphatic hydroxyl groups excluding tert-OH is 2. The van der Waals surface area contributed by atoms with Gasteiger partial charge in [-0.05, 0) is 30.4 Å². The van der Waals surface area contributed by atoms with Gasteiger partial charge in [-0.2, -0.15) is 0 Å². The Morgan fingerprint density at radius 1 is 1.22 bits per heavy atom. The number of nitrogens with two attached hydrogens (primary N) is 1. The third-order valence-electron chi connectivity index (χ3n) is 6.79. The highest BCUT2D eigenvalue weighted by atomic mass is 16.3. The van der Waals surface area contributed by atoms with Crippen molar-refractivity contribution in [1.82, 2.24) is 0 Å². The first kappa shape index (κ1) is 21.7. The molecule has 0 heterocycles. The fraction of sp³-hybridized carbons (Fsp3) is 0.409. The Balaban J connectivity index is 1.97. The number of Topliss-reactive ketones (excluding diaryl/α,β-unsaturated/α-hetero) is 2. The number of aromatic hydroxyl groups is 1. The predicted molar refractivity (Wildman–Crippen MR) is 115 cm³/mol. The largest absolute Gasteiger partial charge is 0.508 e. The zero-order valence-electron chi connectivity index (χ0n) is 17.9. The number of phenolic OH excluding ortho intramolecular Hbond substituents is 1. The SMILES string of the molecule is CNc1cc(N(C)C)c2c(c1O)C(O)=C1C(=O)C3(O)C(O)=C(C(N)=O)C(=O)CC3CC1C2. The van der Waals surface area contributed by atoms with E-state index >= 15 is 0 Å². The van der Waals surface area contributed by atoms with E-state index in [1.165, 1.54) is 0 Å². The highest BCUT2D eigenvalue weighted by molar-refractivity contribution is 6.22. The summed E-state index contributed by atoms with van der Waals surface area (Å²) in [5, 5.41) is 46.6. The highest BCUT2D eigenvalue weighted by Crippen LogP contribution is 2.54. The molecule has 7 N–H and O–H groups in total. The maximum atomic E-state index is 13.5. The molecule has 1 fully saturated rings. The number of aliphatic hydroxyl groups is 3. The van der Waals surface area contributed by atoms with Crippen molar-refractivity contribution in [2.24, 2.45) is 17.6 Å². The lowest BCUT2D eigenvalue weighted by molar-refractivity contribution is -0.147. The molecular weight excluding hydrogens is 418 g/mol. The Morgan fingerprint density at radius 3 is 2.44 bits per heavy atom. The van der Waals surface area contributed by atoms with Crippen LogP contribution in [0, 0.1) is 11.8 Å². The Labute approximate surface area is 183 Å². The zero-order chi connectivity index (χ0) is 23.7. The summed E-state index contributed by atoms with van der Waals surface area (Å²) < 4.78 is 0. The van der Waals surface area contributed by atoms with E-state index < -0.39 is 52.0 Å². The van der Waals surface area contributed by atoms with Gasteiger partial charge in [0.2, 0.25) is 5.78 Å². The second kappa shape index (κ2) is 6.99. The fourth-order valence-corrected chi connectivity index (χ4v) is 5.26. The van der Waals surface area contributed by atoms with Gasteiger partial charge in [0, 0.05) is 44.7 Å². The van der Waals surface area contributed by atoms with E-state index in [2.05, 4.69) is 5.32 Å². The second-order valence-electron chi connectivity index (χ2n) is 8.70. The topological polar surface area (TPSA) is 173 Å². The molecule has 1 amide bonds. The molecule has 1 aromatic rings. The van der Waals surface area contributed by atoms with Gasteiger partial charge in [0.25, 0.3) is 5.91 Å². The molecule has 32 heavy (non-hydrogen) atoms. The molecule has 0 aromatic heterocycles. The Morgan fingerprint density at radius 2 is 1.88 bits per heavy atom. The summed E-state index contributed by atoms with van der Waals surface area (Å²) in [6, 6.07) is 1.73. The maximum absolute atomic E-state index is 13.5. The van der Waals surface area contributed by atoms with Crippen LogP contribution in [0.5, 0.6) is 5.75 Å². The number of carbonyl (C=O) groups is 3. The molecule has 3 unspecified atom stereocenters. The average molecular weight is 443 g/mol. The molecule has 0 radical (unpaired) electrons. The van der Waals surface area contributed by atoms with Crippen LogP contribution in [0.2, 0.25) is 0 Å². The van der Waals surface area contributed by atoms with Gasteiger partial charge in [0.1, 0.15) is 22.8 Å². The van der Waals surface area contributed by atoms with Gasteiger partial charge in [0.05, 0.1) is 11.3 Å². The monoisotopic (exact) mass is 443 g/mol. The molecule has 170 valence electrons. The minimum Gasteiger partial charge on any atom is -0.508 e. The Hall–Kier alpha value is -3.53. The number of phenols is 1. The van der Waals surface area contributed by atoms with Crippen molar-refractivity contribution in [2.45, 2.75) is 24.9 Å². The number of nitrogens with one attached hydrogen (secondary N) is 1. The molecular formula is C22H25N3O7. The van der Waals surface area contributed by atoms with Gasteiger partial charge < -0.3 is 36.4 Å². The van der Waals surface area contributed by atoms with Gasteiger partial charge in [-0.1, -0.05) is 0 Å². The number of primary amides is 1. The summed E-state index contributed by atoms with van der Waals surface area (Å²) in [6.45, 7) is 0. The number of hydrogen-bond donors (Lipinski definition) is 6. The van der Waals surface area contributed by atoms with E-state index in [1.54, 1.807) is 27.2 Å². The number of rotatable bonds is 3. The number of benzene rings is 1. The molecule has 10 heteroatoms. The van der Waals surface area contributed by atoms with Crippen molar-refractivity contribution in [3.05, 3.63) is 34.1 Å². The van der Waals surface area contributed by atoms with Crippen LogP contribution in [0.4, 0.5) is 11.4 Å². The van der Waals surface area contributed by atoms with Crippen LogP contribution < -0.4 is 16.0 Å². The van der Waals surface area contributed by atoms with Crippen LogP contribution in [0.15, 0.2) is 23.0 Å². The average Bonchev–Trinajstić information content (AvgIpc) is 2.70. The van der Waals surface area contributed by atoms with E-state index in [1.807, 2.05) is 4.90 Å². The molecule has 10 nitrogen and oxygen atoms in total. The minimum atomic E-state index is -2.56. The molecule has 1 aromatic carbocycles. The molecule has 3 atom stereocenters. The van der Waals surface area contributed by atoms with E-state index in [0.29, 0.717) is 11.3 Å². The molecule has 3 aliphatic carbocycles. The van der Waals surface area contributed by atoms with Crippen LogP contribution in [-0.2, 0) is 20.8 Å². The number of ketones is 2. The standard InChI is InChI=1S/C22H25N3O7/c1-24-11-7-12(25(2)3)10-5-8-4-9-6-13(26)16(21(23)31)20(30)22(9,32)19(29)14(8)18(28)15(10)17(11)27/h7-9,24,27-28,30,32H,4-6H2,1-3H3,(H2,23,31). The highest BCUT2D eigenvalue weighted by Gasteiger charge is 2.60. The Bertz CT molecular complexity index is 1150. The molecule has 0 bridgehead atoms. The minimum absolute atomic E-state index is 0.0627. The number of fused-ring (bicyclic) bond motifs is 3. The summed E-state index contributed by atoms with van der Waals surface area (Å²) >= 11 is 0. The maximum Gasteiger partial charge on any atom is 0.255 e. The number of carbonyl (C=O) groups excluding carboxylic acids is 3. The third kappa shape index (κ3) is 2.65. The van der Waals surface area contributed by atoms with E-state index in [9.17, 15) is 34.8 Å². The van der Waals surface area contributed by atoms with Gasteiger partial charge >= 0.3 is 0 Å². The number of nitrogens with zero attached hydrogens (tertiary/aromatic N) is 1. The quantitative estimate of drug-likeness (QED) is 0.288. The summed E-state index contributed by atoms with van der Waals surface area (Å²) in [6.07, 6.45) is 0.0240. The van der Waals surface area contributed by atoms with Gasteiger partial charge in [-0.3, -0.25) is 14.4 Å². The molecule has 0 spiro atoms. The van der Waals surface area contributed by atoms with Crippen LogP contribution >= 0.6 is 0 Å². The third-order valence-corrected chi connectivity index (χ3v) is 6.79. The summed E-state index contributed by atoms with van der Waals surface area (Å²) in [4.78, 5) is 39.4. The van der Waals surface area contributed by atoms with Crippen molar-refractivity contribution in [1.29, 1.82) is 0 Å². The zero-order valence-corrected chi connectivity index (χ0v) is 17.9. The normalized spacial score (nSPS) is 27.0. The summed E-state index contributed by atoms with van der Waals surface area (Å²) in [5.74, 6) is -6.37. The first-order chi connectivity index (χ1) is 14.9. The van der Waals surface area contributed by atoms with Crippen LogP contribution in [0.1, 0.15) is 24.0 Å². The van der Waals surface area contributed by atoms with Gasteiger partial charge in [-0.25, -0.2) is 0 Å². The molecule has 0 saturated heterocycles. The summed E-state index contributed by atoms with van der Waals surface area (Å²) in [5.41, 5.74) is 3.40. The van der Waals surface area contributed by atoms with E-state index in [0.717, 1.165) is 5.69 Å². The lowest BCUT2D eigenvalue weighted by atomic mass is 9.59. The van der Waals surface area contributed by atoms with Crippen molar-refractivity contribution in [3.63, 3.8) is 0 Å². The Kier molecular flexibility index (Phi) is 4.74. The second-order valence-corrected chi connectivity index (χ2v) is 8.70. The van der Waals surface area contributed by atoms with Gasteiger partial charge in [0.15, 0.2) is 11.4 Å². The van der Waals surface area contributed by atoms with E-state index in [-0.39, 0.29) is 36.1 Å². The predicted octanol–water partition coefficient (Wildman–Crippen LogP) is 0.532. The summed E-state index contributed by atoms with van der Waals surface area (Å²) in [7, 11) is 5.21. The lowest BCUT2D eigenvalue weighted by Crippen LogP contribution is -2.58. The smallest absolute Gasteiger partial charge is 0.255 e. The fourth-order valence-electron chi connectivity index (χ4n) is 5.26. The van der Waals surface area contributed by atoms with Crippen LogP contribution in [0.25, 0.3) is 5.76 Å². The van der Waals surface area contributed by atoms with Gasteiger partial charge in [-0.15, -0.1) is 0 Å². The molecule has 3 aliphatic rings. The first-order valence-corrected chi connectivity index (χ1v) is 10.2. The van der Waals surface area contributed by atoms with Crippen molar-refractivity contribution in [3.8, 4) is 5.75 Å². The molecule has 4 rings (SSSR count). The van der Waals surface area contributed by atoms with Crippen molar-refractivity contribution in [2.75, 3.05) is 31.4 Å². The first-order valence-electron chi connectivity index (χ1n) is 10.2. The van der Waals surface area contributed by atoms with E-state index in [4.69, 9.17) is 5.73 Å². The van der Waals surface area contributed by atoms with Crippen LogP contribution in [0.3, 0.4) is 0 Å². The lowest BCUT2D eigenvalue weighted by Gasteiger charge is -2.46. The number of amides is 1.